The Morgan fingerprint density at radius 3 is 2.40 bits per heavy atom. The number of likely N-dealkylation sites (tertiary alicyclic amines) is 1. The van der Waals surface area contributed by atoms with Crippen LogP contribution in [0.3, 0.4) is 0 Å². The second-order valence-electron chi connectivity index (χ2n) is 8.90. The first-order valence-corrected chi connectivity index (χ1v) is 12.0. The fraction of sp³-hybridized carbons (Fsp3) is 0.333. The summed E-state index contributed by atoms with van der Waals surface area (Å²) in [6.45, 7) is 2.22. The second kappa shape index (κ2) is 10.1. The zero-order valence-corrected chi connectivity index (χ0v) is 19.5. The maximum atomic E-state index is 13.6. The van der Waals surface area contributed by atoms with Gasteiger partial charge in [-0.3, -0.25) is 14.4 Å². The summed E-state index contributed by atoms with van der Waals surface area (Å²) >= 11 is 0. The van der Waals surface area contributed by atoms with Crippen molar-refractivity contribution in [2.75, 3.05) is 19.7 Å². The van der Waals surface area contributed by atoms with Gasteiger partial charge in [0.15, 0.2) is 0 Å². The van der Waals surface area contributed by atoms with Crippen molar-refractivity contribution in [3.63, 3.8) is 0 Å². The van der Waals surface area contributed by atoms with E-state index in [1.165, 1.54) is 16.8 Å². The molecule has 180 valence electrons. The molecule has 5 rings (SSSR count). The van der Waals surface area contributed by atoms with Crippen LogP contribution < -0.4 is 10.3 Å². The highest BCUT2D eigenvalue weighted by Gasteiger charge is 2.38. The largest absolute Gasteiger partial charge is 0.492 e. The molecule has 0 saturated carbocycles. The van der Waals surface area contributed by atoms with E-state index in [1.54, 1.807) is 4.90 Å². The Bertz CT molecular complexity index is 1270. The second-order valence-corrected chi connectivity index (χ2v) is 8.90. The zero-order chi connectivity index (χ0) is 24.2. The maximum Gasteiger partial charge on any atom is 0.275 e. The van der Waals surface area contributed by atoms with Gasteiger partial charge in [0.2, 0.25) is 5.91 Å². The summed E-state index contributed by atoms with van der Waals surface area (Å²) in [6, 6.07) is 19.4. The van der Waals surface area contributed by atoms with Crippen LogP contribution in [0.25, 0.3) is 0 Å². The molecule has 0 spiro atoms. The van der Waals surface area contributed by atoms with Gasteiger partial charge in [-0.15, -0.1) is 0 Å². The molecule has 2 aromatic carbocycles. The third kappa shape index (κ3) is 4.96. The lowest BCUT2D eigenvalue weighted by Crippen LogP contribution is -2.53. The Labute approximate surface area is 203 Å². The van der Waals surface area contributed by atoms with Crippen LogP contribution in [0.5, 0.6) is 5.75 Å². The minimum atomic E-state index is -0.584. The predicted octanol–water partition coefficient (Wildman–Crippen LogP) is 2.51. The molecule has 0 N–H and O–H groups in total. The number of carbonyl (C=O) groups excluding carboxylic acids is 2. The van der Waals surface area contributed by atoms with Crippen LogP contribution in [0, 0.1) is 0 Å². The van der Waals surface area contributed by atoms with Crippen molar-refractivity contribution < 1.29 is 14.3 Å². The van der Waals surface area contributed by atoms with E-state index >= 15 is 0 Å². The lowest BCUT2D eigenvalue weighted by atomic mass is 9.93. The van der Waals surface area contributed by atoms with Gasteiger partial charge >= 0.3 is 0 Å². The molecule has 8 nitrogen and oxygen atoms in total. The molecule has 1 aromatic heterocycles. The first kappa shape index (κ1) is 22.8. The van der Waals surface area contributed by atoms with Crippen molar-refractivity contribution >= 4 is 11.8 Å². The summed E-state index contributed by atoms with van der Waals surface area (Å²) in [7, 11) is 0. The summed E-state index contributed by atoms with van der Waals surface area (Å²) in [5.41, 5.74) is 1.94. The van der Waals surface area contributed by atoms with Gasteiger partial charge < -0.3 is 14.5 Å². The Morgan fingerprint density at radius 1 is 0.914 bits per heavy atom. The van der Waals surface area contributed by atoms with Gasteiger partial charge in [0.1, 0.15) is 24.1 Å². The number of rotatable bonds is 6. The molecule has 0 bridgehead atoms. The number of ether oxygens (including phenoxy) is 1. The number of para-hydroxylation sites is 1. The zero-order valence-electron chi connectivity index (χ0n) is 19.5. The van der Waals surface area contributed by atoms with Crippen LogP contribution in [0.1, 0.15) is 34.5 Å². The van der Waals surface area contributed by atoms with E-state index in [2.05, 4.69) is 5.10 Å². The van der Waals surface area contributed by atoms with Crippen molar-refractivity contribution in [1.29, 1.82) is 0 Å². The Hall–Kier alpha value is -3.94. The molecule has 1 atom stereocenters. The van der Waals surface area contributed by atoms with Crippen molar-refractivity contribution in [2.24, 2.45) is 0 Å². The molecule has 0 radical (unpaired) electrons. The first-order valence-electron chi connectivity index (χ1n) is 12.0. The minimum absolute atomic E-state index is 0.0186. The molecule has 0 aliphatic carbocycles. The molecular weight excluding hydrogens is 444 g/mol. The van der Waals surface area contributed by atoms with E-state index < -0.39 is 6.04 Å². The number of nitrogens with zero attached hydrogens (tertiary/aromatic N) is 4. The molecule has 8 heteroatoms. The summed E-state index contributed by atoms with van der Waals surface area (Å²) in [4.78, 5) is 42.9. The van der Waals surface area contributed by atoms with Crippen LogP contribution in [0.2, 0.25) is 0 Å². The molecule has 1 fully saturated rings. The summed E-state index contributed by atoms with van der Waals surface area (Å²) in [6.07, 6.45) is 2.45. The van der Waals surface area contributed by atoms with Gasteiger partial charge in [0, 0.05) is 32.1 Å². The highest BCUT2D eigenvalue weighted by atomic mass is 16.5. The lowest BCUT2D eigenvalue weighted by Gasteiger charge is -2.37. The van der Waals surface area contributed by atoms with Crippen molar-refractivity contribution in [3.8, 4) is 5.75 Å². The van der Waals surface area contributed by atoms with Crippen molar-refractivity contribution in [2.45, 2.75) is 38.4 Å². The quantitative estimate of drug-likeness (QED) is 0.551. The van der Waals surface area contributed by atoms with Gasteiger partial charge in [-0.05, 0) is 42.2 Å². The van der Waals surface area contributed by atoms with Crippen LogP contribution in [0.15, 0.2) is 71.5 Å². The topological polar surface area (TPSA) is 84.7 Å². The molecule has 2 amide bonds. The van der Waals surface area contributed by atoms with E-state index in [0.29, 0.717) is 18.7 Å². The fourth-order valence-electron chi connectivity index (χ4n) is 4.74. The number of fused-ring (bicyclic) bond motifs is 1. The molecule has 1 unspecified atom stereocenters. The van der Waals surface area contributed by atoms with Gasteiger partial charge in [-0.2, -0.15) is 5.10 Å². The number of amides is 2. The third-order valence-electron chi connectivity index (χ3n) is 6.61. The lowest BCUT2D eigenvalue weighted by molar-refractivity contribution is -0.135. The first-order chi connectivity index (χ1) is 17.1. The van der Waals surface area contributed by atoms with Gasteiger partial charge in [-0.25, -0.2) is 4.68 Å². The fourth-order valence-corrected chi connectivity index (χ4v) is 4.74. The number of benzene rings is 2. The number of hydrogen-bond donors (Lipinski definition) is 0. The number of aromatic nitrogens is 2. The normalized spacial score (nSPS) is 17.2. The van der Waals surface area contributed by atoms with E-state index in [-0.39, 0.29) is 36.2 Å². The van der Waals surface area contributed by atoms with Crippen LogP contribution in [-0.4, -0.2) is 57.1 Å². The molecule has 2 aliphatic rings. The Morgan fingerprint density at radius 2 is 1.63 bits per heavy atom. The summed E-state index contributed by atoms with van der Waals surface area (Å²) < 4.78 is 6.92. The molecule has 3 heterocycles. The molecule has 2 aliphatic heterocycles. The summed E-state index contributed by atoms with van der Waals surface area (Å²) in [5.74, 6) is 0.327. The average molecular weight is 473 g/mol. The van der Waals surface area contributed by atoms with E-state index in [9.17, 15) is 14.4 Å². The van der Waals surface area contributed by atoms with Gasteiger partial charge in [-0.1, -0.05) is 42.5 Å². The maximum absolute atomic E-state index is 13.6. The van der Waals surface area contributed by atoms with Crippen molar-refractivity contribution in [1.82, 2.24) is 19.6 Å². The predicted molar refractivity (Wildman–Crippen MR) is 130 cm³/mol. The van der Waals surface area contributed by atoms with E-state index in [1.807, 2.05) is 59.5 Å². The number of hydrogen-bond acceptors (Lipinski definition) is 5. The third-order valence-corrected chi connectivity index (χ3v) is 6.61. The molecule has 3 aromatic rings. The minimum Gasteiger partial charge on any atom is -0.492 e. The average Bonchev–Trinajstić information content (AvgIpc) is 3.44. The van der Waals surface area contributed by atoms with Crippen LogP contribution in [0.4, 0.5) is 0 Å². The van der Waals surface area contributed by atoms with Gasteiger partial charge in [0.25, 0.3) is 11.5 Å². The smallest absolute Gasteiger partial charge is 0.275 e. The number of carbonyl (C=O) groups is 2. The standard InChI is InChI=1S/C27H28N4O4/c32-25-13-12-23(28-31(25)16-17-35-22-10-2-1-3-11-22)26(33)30-19-21-9-5-4-8-20(21)18-24(30)27(34)29-14-6-7-15-29/h1-5,8-13,24H,6-7,14-19H2. The molecule has 35 heavy (non-hydrogen) atoms. The highest BCUT2D eigenvalue weighted by Crippen LogP contribution is 2.26. The Balaban J connectivity index is 1.37. The van der Waals surface area contributed by atoms with Crippen LogP contribution >= 0.6 is 0 Å². The molecular formula is C27H28N4O4. The monoisotopic (exact) mass is 472 g/mol. The molecule has 1 saturated heterocycles. The van der Waals surface area contributed by atoms with E-state index in [0.717, 1.165) is 37.1 Å². The Kier molecular flexibility index (Phi) is 6.61. The van der Waals surface area contributed by atoms with Crippen LogP contribution in [-0.2, 0) is 24.3 Å². The highest BCUT2D eigenvalue weighted by molar-refractivity contribution is 5.96. The SMILES string of the molecule is O=C(C1Cc2ccccc2CN1C(=O)c1ccc(=O)n(CCOc2ccccc2)n1)N1CCCC1. The summed E-state index contributed by atoms with van der Waals surface area (Å²) in [5, 5.41) is 4.33. The van der Waals surface area contributed by atoms with Crippen molar-refractivity contribution in [3.05, 3.63) is 93.9 Å². The van der Waals surface area contributed by atoms with Gasteiger partial charge in [0.05, 0.1) is 6.54 Å². The van der Waals surface area contributed by atoms with E-state index in [4.69, 9.17) is 4.74 Å².